The molecule has 50 heavy (non-hydrogen) atoms. The molecule has 4 aromatic rings. The topological polar surface area (TPSA) is 157 Å². The number of rotatable bonds is 16. The molecule has 0 saturated carbocycles. The van der Waals surface area contributed by atoms with Crippen LogP contribution in [0.1, 0.15) is 72.9 Å². The van der Waals surface area contributed by atoms with Crippen molar-refractivity contribution in [2.45, 2.75) is 68.4 Å². The minimum absolute atomic E-state index is 0.00831. The number of phenols is 1. The quantitative estimate of drug-likeness (QED) is 0.0335. The van der Waals surface area contributed by atoms with Gasteiger partial charge in [0.15, 0.2) is 11.2 Å². The molecular weight excluding hydrogens is 681 g/mol. The number of carboxylic acid groups (broad SMARTS) is 1. The zero-order valence-corrected chi connectivity index (χ0v) is 27.9. The van der Waals surface area contributed by atoms with Crippen molar-refractivity contribution in [1.82, 2.24) is 0 Å². The van der Waals surface area contributed by atoms with Gasteiger partial charge in [-0.2, -0.15) is 13.2 Å². The van der Waals surface area contributed by atoms with Gasteiger partial charge in [-0.1, -0.05) is 37.6 Å². The fourth-order valence-electron chi connectivity index (χ4n) is 4.96. The molecule has 10 nitrogen and oxygen atoms in total. The molecule has 0 saturated heterocycles. The molecule has 0 radical (unpaired) electrons. The lowest BCUT2D eigenvalue weighted by molar-refractivity contribution is -0.153. The first kappa shape index (κ1) is 37.9. The number of aromatic hydroxyl groups is 1. The van der Waals surface area contributed by atoms with Crippen LogP contribution in [0.3, 0.4) is 0 Å². The van der Waals surface area contributed by atoms with Gasteiger partial charge in [-0.15, -0.1) is 11.8 Å². The van der Waals surface area contributed by atoms with Gasteiger partial charge in [-0.3, -0.25) is 9.59 Å². The number of furan rings is 1. The van der Waals surface area contributed by atoms with Crippen LogP contribution < -0.4 is 14.9 Å². The molecule has 0 bridgehead atoms. The Bertz CT molecular complexity index is 1930. The number of hydrogen-bond donors (Lipinski definition) is 3. The SMILES string of the molecule is CCCc1c(OCCCC/C=C\C=C\[C@H](Sc2ccc3c(=O)cc(OC(=O)O)oc3c2)[C@H](O)c2coc(C(F)(F)F)c2)ccc(C(C)=O)c1O. The van der Waals surface area contributed by atoms with Crippen molar-refractivity contribution in [3.63, 3.8) is 0 Å². The average Bonchev–Trinajstić information content (AvgIpc) is 3.55. The number of thioether (sulfide) groups is 1. The summed E-state index contributed by atoms with van der Waals surface area (Å²) in [4.78, 5) is 35.5. The van der Waals surface area contributed by atoms with Crippen molar-refractivity contribution < 1.29 is 56.4 Å². The first-order chi connectivity index (χ1) is 23.8. The highest BCUT2D eigenvalue weighted by atomic mass is 32.2. The van der Waals surface area contributed by atoms with E-state index in [0.717, 1.165) is 43.0 Å². The second-order valence-corrected chi connectivity index (χ2v) is 12.4. The van der Waals surface area contributed by atoms with E-state index < -0.39 is 40.8 Å². The third-order valence-corrected chi connectivity index (χ3v) is 8.59. The summed E-state index contributed by atoms with van der Waals surface area (Å²) < 4.78 is 59.9. The zero-order chi connectivity index (χ0) is 36.4. The lowest BCUT2D eigenvalue weighted by Gasteiger charge is -2.18. The van der Waals surface area contributed by atoms with E-state index in [2.05, 4.69) is 9.15 Å². The highest BCUT2D eigenvalue weighted by Gasteiger charge is 2.36. The summed E-state index contributed by atoms with van der Waals surface area (Å²) in [5, 5.41) is 29.8. The summed E-state index contributed by atoms with van der Waals surface area (Å²) in [7, 11) is 0. The lowest BCUT2D eigenvalue weighted by atomic mass is 10.0. The van der Waals surface area contributed by atoms with Gasteiger partial charge in [0.05, 0.1) is 41.2 Å². The fraction of sp³-hybridized carbons (Fsp3) is 0.306. The van der Waals surface area contributed by atoms with Gasteiger partial charge in [0, 0.05) is 16.0 Å². The first-order valence-electron chi connectivity index (χ1n) is 15.6. The van der Waals surface area contributed by atoms with Crippen LogP contribution in [-0.4, -0.2) is 39.1 Å². The third-order valence-electron chi connectivity index (χ3n) is 7.38. The second-order valence-electron chi connectivity index (χ2n) is 11.1. The van der Waals surface area contributed by atoms with E-state index in [1.54, 1.807) is 36.4 Å². The zero-order valence-electron chi connectivity index (χ0n) is 27.1. The largest absolute Gasteiger partial charge is 0.513 e. The summed E-state index contributed by atoms with van der Waals surface area (Å²) in [6, 6.07) is 9.30. The molecule has 2 heterocycles. The predicted octanol–water partition coefficient (Wildman–Crippen LogP) is 8.88. The van der Waals surface area contributed by atoms with Crippen LogP contribution in [0.5, 0.6) is 17.4 Å². The highest BCUT2D eigenvalue weighted by Crippen LogP contribution is 2.38. The monoisotopic (exact) mass is 716 g/mol. The van der Waals surface area contributed by atoms with Crippen molar-refractivity contribution in [3.05, 3.63) is 106 Å². The number of ketones is 1. The number of carbonyl (C=O) groups is 2. The molecule has 0 aliphatic heterocycles. The Hall–Kier alpha value is -4.95. The Balaban J connectivity index is 1.42. The van der Waals surface area contributed by atoms with Gasteiger partial charge < -0.3 is 33.6 Å². The molecule has 3 N–H and O–H groups in total. The van der Waals surface area contributed by atoms with Gasteiger partial charge in [-0.25, -0.2) is 4.79 Å². The Labute approximate surface area is 288 Å². The van der Waals surface area contributed by atoms with Crippen molar-refractivity contribution in [2.24, 2.45) is 0 Å². The van der Waals surface area contributed by atoms with Crippen LogP contribution in [0.2, 0.25) is 0 Å². The van der Waals surface area contributed by atoms with E-state index in [9.17, 15) is 37.8 Å². The van der Waals surface area contributed by atoms with Gasteiger partial charge in [-0.05, 0) is 69.0 Å². The van der Waals surface area contributed by atoms with Crippen LogP contribution >= 0.6 is 11.8 Å². The van der Waals surface area contributed by atoms with E-state index >= 15 is 0 Å². The Morgan fingerprint density at radius 2 is 1.86 bits per heavy atom. The number of fused-ring (bicyclic) bond motifs is 1. The Morgan fingerprint density at radius 3 is 2.54 bits per heavy atom. The number of alkyl halides is 3. The molecule has 0 spiro atoms. The van der Waals surface area contributed by atoms with Crippen molar-refractivity contribution in [3.8, 4) is 17.4 Å². The van der Waals surface area contributed by atoms with Crippen molar-refractivity contribution in [1.29, 1.82) is 0 Å². The fourth-order valence-corrected chi connectivity index (χ4v) is 6.05. The molecule has 266 valence electrons. The number of phenolic OH excluding ortho intramolecular Hbond substituents is 1. The molecule has 0 fully saturated rings. The normalized spacial score (nSPS) is 13.2. The summed E-state index contributed by atoms with van der Waals surface area (Å²) in [5.74, 6) is -1.53. The predicted molar refractivity (Wildman–Crippen MR) is 179 cm³/mol. The van der Waals surface area contributed by atoms with E-state index in [-0.39, 0.29) is 33.6 Å². The minimum atomic E-state index is -4.74. The van der Waals surface area contributed by atoms with Crippen LogP contribution in [0.25, 0.3) is 11.0 Å². The molecule has 0 aliphatic carbocycles. The van der Waals surface area contributed by atoms with E-state index in [1.165, 1.54) is 19.1 Å². The molecule has 14 heteroatoms. The van der Waals surface area contributed by atoms with Crippen LogP contribution in [0.4, 0.5) is 18.0 Å². The lowest BCUT2D eigenvalue weighted by Crippen LogP contribution is -2.12. The van der Waals surface area contributed by atoms with E-state index in [1.807, 2.05) is 13.0 Å². The summed E-state index contributed by atoms with van der Waals surface area (Å²) in [6.07, 6.45) is 3.33. The summed E-state index contributed by atoms with van der Waals surface area (Å²) >= 11 is 1.06. The maximum Gasteiger partial charge on any atom is 0.513 e. The van der Waals surface area contributed by atoms with Gasteiger partial charge in [0.1, 0.15) is 17.1 Å². The first-order valence-corrected chi connectivity index (χ1v) is 16.5. The average molecular weight is 717 g/mol. The second kappa shape index (κ2) is 17.1. The summed E-state index contributed by atoms with van der Waals surface area (Å²) in [6.45, 7) is 3.75. The maximum atomic E-state index is 13.2. The molecule has 0 amide bonds. The van der Waals surface area contributed by atoms with Gasteiger partial charge >= 0.3 is 12.3 Å². The van der Waals surface area contributed by atoms with E-state index in [0.29, 0.717) is 42.1 Å². The van der Waals surface area contributed by atoms with Crippen LogP contribution in [0, 0.1) is 0 Å². The number of halogens is 3. The smallest absolute Gasteiger partial charge is 0.507 e. The van der Waals surface area contributed by atoms with E-state index in [4.69, 9.17) is 14.3 Å². The molecule has 2 aromatic heterocycles. The number of allylic oxidation sites excluding steroid dienone is 3. The molecular formula is C36H35F3O10S. The number of unbranched alkanes of at least 4 members (excludes halogenated alkanes) is 2. The maximum absolute atomic E-state index is 13.2. The Morgan fingerprint density at radius 1 is 1.08 bits per heavy atom. The number of Topliss-reactive ketones (excluding diaryl/α,β-unsaturated/α-hetero) is 1. The minimum Gasteiger partial charge on any atom is -0.507 e. The third kappa shape index (κ3) is 10.0. The number of ether oxygens (including phenoxy) is 2. The number of aliphatic hydroxyl groups excluding tert-OH is 1. The highest BCUT2D eigenvalue weighted by molar-refractivity contribution is 8.00. The van der Waals surface area contributed by atoms with Crippen molar-refractivity contribution >= 4 is 34.7 Å². The molecule has 2 atom stereocenters. The Kier molecular flexibility index (Phi) is 13.0. The molecule has 4 rings (SSSR count). The number of hydrogen-bond acceptors (Lipinski definition) is 10. The number of benzene rings is 2. The van der Waals surface area contributed by atoms with Crippen LogP contribution in [-0.2, 0) is 12.6 Å². The molecule has 0 aliphatic rings. The van der Waals surface area contributed by atoms with Crippen molar-refractivity contribution in [2.75, 3.05) is 6.61 Å². The standard InChI is InChI=1S/C36H35F3O10S/c1-3-10-26-28(15-14-24(21(2)40)34(26)43)46-16-9-7-5-4-6-8-11-30(33(42)22-17-31(47-20-22)36(37,38)39)50-23-12-13-25-27(41)19-32(49-35(44)45)48-29(25)18-23/h4,6,8,11-15,17-20,30,33,42-43H,3,5,7,9-10,16H2,1-2H3,(H,44,45)/b6-4-,11-8+/t30-,33+/m0/s1. The van der Waals surface area contributed by atoms with Crippen LogP contribution in [0.15, 0.2) is 91.6 Å². The molecule has 2 aromatic carbocycles. The van der Waals surface area contributed by atoms with Gasteiger partial charge in [0.2, 0.25) is 5.76 Å². The number of carbonyl (C=O) groups excluding carboxylic acids is 1. The van der Waals surface area contributed by atoms with Gasteiger partial charge in [0.25, 0.3) is 5.95 Å². The summed E-state index contributed by atoms with van der Waals surface area (Å²) in [5.41, 5.74) is 0.229. The number of aliphatic hydroxyl groups is 1. The molecule has 0 unspecified atom stereocenters.